The summed E-state index contributed by atoms with van der Waals surface area (Å²) in [6, 6.07) is 16.7. The van der Waals surface area contributed by atoms with E-state index in [9.17, 15) is 9.90 Å². The molecule has 1 amide bonds. The summed E-state index contributed by atoms with van der Waals surface area (Å²) in [4.78, 5) is 14.4. The number of aromatic hydroxyl groups is 1. The molecule has 1 saturated carbocycles. The number of phenolic OH excluding ortho intramolecular Hbond substituents is 1. The Hall–Kier alpha value is -2.29. The Bertz CT molecular complexity index is 632. The lowest BCUT2D eigenvalue weighted by Gasteiger charge is -2.24. The minimum Gasteiger partial charge on any atom is -0.508 e. The molecular weight excluding hydrogens is 250 g/mol. The van der Waals surface area contributed by atoms with Crippen molar-refractivity contribution in [2.45, 2.75) is 18.3 Å². The zero-order chi connectivity index (χ0) is 14.2. The maximum atomic E-state index is 12.8. The molecule has 20 heavy (non-hydrogen) atoms. The lowest BCUT2D eigenvalue weighted by Crippen LogP contribution is -2.36. The van der Waals surface area contributed by atoms with Crippen molar-refractivity contribution in [3.8, 4) is 5.75 Å². The van der Waals surface area contributed by atoms with Crippen molar-refractivity contribution in [2.24, 2.45) is 0 Å². The molecule has 3 nitrogen and oxygen atoms in total. The van der Waals surface area contributed by atoms with Gasteiger partial charge in [-0.25, -0.2) is 0 Å². The fourth-order valence-electron chi connectivity index (χ4n) is 2.65. The van der Waals surface area contributed by atoms with Gasteiger partial charge in [0.25, 0.3) is 0 Å². The number of amides is 1. The van der Waals surface area contributed by atoms with Crippen LogP contribution in [-0.2, 0) is 10.2 Å². The number of hydrogen-bond donors (Lipinski definition) is 1. The molecule has 102 valence electrons. The molecule has 0 unspecified atom stereocenters. The van der Waals surface area contributed by atoms with E-state index in [-0.39, 0.29) is 17.1 Å². The zero-order valence-electron chi connectivity index (χ0n) is 11.4. The molecule has 0 atom stereocenters. The summed E-state index contributed by atoms with van der Waals surface area (Å²) in [6.07, 6.45) is 1.78. The summed E-state index contributed by atoms with van der Waals surface area (Å²) < 4.78 is 0. The van der Waals surface area contributed by atoms with Crippen LogP contribution in [0.4, 0.5) is 5.69 Å². The van der Waals surface area contributed by atoms with Gasteiger partial charge in [0.2, 0.25) is 5.91 Å². The van der Waals surface area contributed by atoms with E-state index in [1.165, 1.54) is 0 Å². The van der Waals surface area contributed by atoms with Crippen molar-refractivity contribution in [1.29, 1.82) is 0 Å². The molecule has 1 aliphatic carbocycles. The van der Waals surface area contributed by atoms with Crippen LogP contribution in [0, 0.1) is 0 Å². The number of anilines is 1. The van der Waals surface area contributed by atoms with Crippen LogP contribution < -0.4 is 4.90 Å². The van der Waals surface area contributed by atoms with Gasteiger partial charge in [-0.3, -0.25) is 4.79 Å². The van der Waals surface area contributed by atoms with E-state index in [0.29, 0.717) is 0 Å². The number of likely N-dealkylation sites (N-methyl/N-ethyl adjacent to an activating group) is 1. The standard InChI is InChI=1S/C17H17NO2/c1-18(14-8-5-9-15(19)12-14)16(20)17(10-11-17)13-6-3-2-4-7-13/h2-9,12,19H,10-11H2,1H3. The average molecular weight is 267 g/mol. The van der Waals surface area contributed by atoms with Gasteiger partial charge in [0, 0.05) is 18.8 Å². The van der Waals surface area contributed by atoms with Crippen molar-refractivity contribution >= 4 is 11.6 Å². The topological polar surface area (TPSA) is 40.5 Å². The molecule has 0 aromatic heterocycles. The van der Waals surface area contributed by atoms with Crippen LogP contribution in [0.2, 0.25) is 0 Å². The SMILES string of the molecule is CN(C(=O)C1(c2ccccc2)CC1)c1cccc(O)c1. The van der Waals surface area contributed by atoms with Crippen LogP contribution in [0.25, 0.3) is 0 Å². The highest BCUT2D eigenvalue weighted by atomic mass is 16.3. The highest BCUT2D eigenvalue weighted by molar-refractivity contribution is 6.03. The predicted octanol–water partition coefficient (Wildman–Crippen LogP) is 3.09. The Labute approximate surface area is 118 Å². The summed E-state index contributed by atoms with van der Waals surface area (Å²) >= 11 is 0. The van der Waals surface area contributed by atoms with Crippen molar-refractivity contribution in [1.82, 2.24) is 0 Å². The number of rotatable bonds is 3. The second kappa shape index (κ2) is 4.67. The molecule has 1 N–H and O–H groups in total. The monoisotopic (exact) mass is 267 g/mol. The Kier molecular flexibility index (Phi) is 2.97. The predicted molar refractivity (Wildman–Crippen MR) is 78.9 cm³/mol. The Balaban J connectivity index is 1.90. The van der Waals surface area contributed by atoms with Crippen LogP contribution in [-0.4, -0.2) is 18.1 Å². The van der Waals surface area contributed by atoms with E-state index in [4.69, 9.17) is 0 Å². The van der Waals surface area contributed by atoms with E-state index < -0.39 is 0 Å². The zero-order valence-corrected chi connectivity index (χ0v) is 11.4. The van der Waals surface area contributed by atoms with Crippen LogP contribution in [0.5, 0.6) is 5.75 Å². The highest BCUT2D eigenvalue weighted by Gasteiger charge is 2.52. The number of nitrogens with zero attached hydrogens (tertiary/aromatic N) is 1. The van der Waals surface area contributed by atoms with Gasteiger partial charge in [-0.15, -0.1) is 0 Å². The summed E-state index contributed by atoms with van der Waals surface area (Å²) in [5.74, 6) is 0.265. The maximum Gasteiger partial charge on any atom is 0.237 e. The van der Waals surface area contributed by atoms with Gasteiger partial charge in [-0.2, -0.15) is 0 Å². The molecule has 2 aromatic carbocycles. The first-order chi connectivity index (χ1) is 9.63. The van der Waals surface area contributed by atoms with Crippen LogP contribution in [0.15, 0.2) is 54.6 Å². The lowest BCUT2D eigenvalue weighted by molar-refractivity contribution is -0.120. The molecule has 3 rings (SSSR count). The number of hydrogen-bond acceptors (Lipinski definition) is 2. The van der Waals surface area contributed by atoms with E-state index in [2.05, 4.69) is 0 Å². The first kappa shape index (κ1) is 12.7. The van der Waals surface area contributed by atoms with Crippen LogP contribution in [0.1, 0.15) is 18.4 Å². The number of phenols is 1. The first-order valence-electron chi connectivity index (χ1n) is 6.76. The molecule has 0 spiro atoms. The number of carbonyl (C=O) groups excluding carboxylic acids is 1. The van der Waals surface area contributed by atoms with Crippen molar-refractivity contribution in [3.05, 3.63) is 60.2 Å². The normalized spacial score (nSPS) is 15.7. The molecule has 3 heteroatoms. The van der Waals surface area contributed by atoms with Crippen molar-refractivity contribution in [3.63, 3.8) is 0 Å². The smallest absolute Gasteiger partial charge is 0.237 e. The van der Waals surface area contributed by atoms with Crippen molar-refractivity contribution in [2.75, 3.05) is 11.9 Å². The lowest BCUT2D eigenvalue weighted by atomic mass is 9.94. The van der Waals surface area contributed by atoms with Gasteiger partial charge in [-0.05, 0) is 30.5 Å². The van der Waals surface area contributed by atoms with Crippen LogP contribution in [0.3, 0.4) is 0 Å². The van der Waals surface area contributed by atoms with E-state index >= 15 is 0 Å². The number of carbonyl (C=O) groups is 1. The second-order valence-electron chi connectivity index (χ2n) is 5.33. The van der Waals surface area contributed by atoms with E-state index in [1.54, 1.807) is 30.1 Å². The summed E-state index contributed by atoms with van der Waals surface area (Å²) in [5.41, 5.74) is 1.43. The van der Waals surface area contributed by atoms with Gasteiger partial charge in [0.1, 0.15) is 5.75 Å². The fraction of sp³-hybridized carbons (Fsp3) is 0.235. The molecule has 0 radical (unpaired) electrons. The molecule has 2 aromatic rings. The summed E-state index contributed by atoms with van der Waals surface area (Å²) in [5, 5.41) is 9.54. The largest absolute Gasteiger partial charge is 0.508 e. The van der Waals surface area contributed by atoms with E-state index in [0.717, 1.165) is 24.1 Å². The average Bonchev–Trinajstić information content (AvgIpc) is 3.28. The van der Waals surface area contributed by atoms with Gasteiger partial charge in [-0.1, -0.05) is 36.4 Å². The Morgan fingerprint density at radius 1 is 1.10 bits per heavy atom. The van der Waals surface area contributed by atoms with Crippen LogP contribution >= 0.6 is 0 Å². The van der Waals surface area contributed by atoms with Gasteiger partial charge in [0.15, 0.2) is 0 Å². The third-order valence-corrected chi connectivity index (χ3v) is 4.01. The fourth-order valence-corrected chi connectivity index (χ4v) is 2.65. The van der Waals surface area contributed by atoms with E-state index in [1.807, 2.05) is 36.4 Å². The number of benzene rings is 2. The van der Waals surface area contributed by atoms with Gasteiger partial charge in [0.05, 0.1) is 5.41 Å². The Morgan fingerprint density at radius 3 is 2.40 bits per heavy atom. The molecule has 1 fully saturated rings. The molecule has 0 heterocycles. The molecule has 1 aliphatic rings. The highest BCUT2D eigenvalue weighted by Crippen LogP contribution is 2.49. The minimum atomic E-state index is -0.374. The Morgan fingerprint density at radius 2 is 1.80 bits per heavy atom. The second-order valence-corrected chi connectivity index (χ2v) is 5.33. The molecule has 0 saturated heterocycles. The molecule has 0 aliphatic heterocycles. The maximum absolute atomic E-state index is 12.8. The summed E-state index contributed by atoms with van der Waals surface area (Å²) in [6.45, 7) is 0. The third-order valence-electron chi connectivity index (χ3n) is 4.01. The minimum absolute atomic E-state index is 0.0919. The molecule has 0 bridgehead atoms. The van der Waals surface area contributed by atoms with Crippen molar-refractivity contribution < 1.29 is 9.90 Å². The quantitative estimate of drug-likeness (QED) is 0.928. The summed E-state index contributed by atoms with van der Waals surface area (Å²) in [7, 11) is 1.76. The van der Waals surface area contributed by atoms with Gasteiger partial charge >= 0.3 is 0 Å². The molecular formula is C17H17NO2. The third kappa shape index (κ3) is 2.05. The van der Waals surface area contributed by atoms with Gasteiger partial charge < -0.3 is 10.0 Å². The first-order valence-corrected chi connectivity index (χ1v) is 6.76.